The predicted octanol–water partition coefficient (Wildman–Crippen LogP) is 0.373. The molecule has 0 aromatic carbocycles. The zero-order valence-corrected chi connectivity index (χ0v) is 13.6. The van der Waals surface area contributed by atoms with Crippen LogP contribution in [0.4, 0.5) is 0 Å². The van der Waals surface area contributed by atoms with Gasteiger partial charge >= 0.3 is 0 Å². The van der Waals surface area contributed by atoms with Gasteiger partial charge in [0.25, 0.3) is 22.7 Å². The molecule has 0 saturated carbocycles. The maximum Gasteiger partial charge on any atom is 0.299 e. The summed E-state index contributed by atoms with van der Waals surface area (Å²) in [5.41, 5.74) is 3.17. The van der Waals surface area contributed by atoms with Crippen LogP contribution < -0.4 is 0 Å². The zero-order valence-electron chi connectivity index (χ0n) is 10.3. The number of hydrogen-bond donors (Lipinski definition) is 4. The summed E-state index contributed by atoms with van der Waals surface area (Å²) in [6.07, 6.45) is 0. The Bertz CT molecular complexity index is 206. The Hall–Kier alpha value is -0.0800. The van der Waals surface area contributed by atoms with Crippen LogP contribution in [0, 0.1) is 0 Å². The Labute approximate surface area is 123 Å². The number of nitrogens with zero attached hydrogens (tertiary/aromatic N) is 2. The number of rotatable bonds is 2. The Morgan fingerprint density at radius 2 is 0.833 bits per heavy atom. The summed E-state index contributed by atoms with van der Waals surface area (Å²) in [6, 6.07) is 0. The van der Waals surface area contributed by atoms with E-state index >= 15 is 0 Å². The molecule has 0 aromatic rings. The van der Waals surface area contributed by atoms with Crippen LogP contribution in [0.25, 0.3) is 0 Å². The molecule has 0 atom stereocenters. The molecule has 18 heavy (non-hydrogen) atoms. The third-order valence-corrected chi connectivity index (χ3v) is 1.26. The van der Waals surface area contributed by atoms with Gasteiger partial charge in [0.2, 0.25) is 0 Å². The molecular weight excluding hydrogens is 324 g/mol. The highest BCUT2D eigenvalue weighted by Gasteiger charge is 1.64. The van der Waals surface area contributed by atoms with Crippen molar-refractivity contribution in [2.45, 2.75) is 0 Å². The van der Waals surface area contributed by atoms with E-state index in [9.17, 15) is 0 Å². The second-order valence-electron chi connectivity index (χ2n) is 2.60. The second-order valence-corrected chi connectivity index (χ2v) is 3.94. The molecule has 112 valence electrons. The zero-order chi connectivity index (χ0) is 15.7. The summed E-state index contributed by atoms with van der Waals surface area (Å²) in [4.78, 5) is 3.63. The smallest absolute Gasteiger partial charge is 0.299 e. The van der Waals surface area contributed by atoms with Crippen LogP contribution >= 0.6 is 24.4 Å². The topological polar surface area (TPSA) is 122 Å². The predicted molar refractivity (Wildman–Crippen MR) is 81.5 cm³/mol. The summed E-state index contributed by atoms with van der Waals surface area (Å²) in [6.45, 7) is 0. The molecule has 0 amide bonds. The second kappa shape index (κ2) is 22.1. The molecule has 0 saturated heterocycles. The van der Waals surface area contributed by atoms with E-state index in [0.717, 1.165) is 0 Å². The van der Waals surface area contributed by atoms with E-state index in [4.69, 9.17) is 26.6 Å². The van der Waals surface area contributed by atoms with Gasteiger partial charge in [-0.1, -0.05) is 24.4 Å². The summed E-state index contributed by atoms with van der Waals surface area (Å²) in [7, 11) is 7.58. The van der Waals surface area contributed by atoms with Crippen molar-refractivity contribution in [3.05, 3.63) is 0 Å². The molecule has 0 aliphatic carbocycles. The highest BCUT2D eigenvalue weighted by Crippen LogP contribution is 1.58. The van der Waals surface area contributed by atoms with Gasteiger partial charge in [-0.2, -0.15) is 8.42 Å². The first kappa shape index (κ1) is 26.5. The summed E-state index contributed by atoms with van der Waals surface area (Å²) >= 11 is 3.73. The highest BCUT2D eigenvalue weighted by molar-refractivity contribution is 7.79. The van der Waals surface area contributed by atoms with Crippen molar-refractivity contribution < 1.29 is 26.6 Å². The van der Waals surface area contributed by atoms with E-state index in [1.807, 2.05) is 38.0 Å². The summed E-state index contributed by atoms with van der Waals surface area (Å²) in [5.74, 6) is 0. The van der Waals surface area contributed by atoms with Crippen molar-refractivity contribution in [3.63, 3.8) is 0 Å². The first-order valence-electron chi connectivity index (χ1n) is 3.84. The standard InChI is InChI=1S/2C3H7NS.2H2O3S/c2*1-4(2)3-5;2*1-4(2)3/h2*3H,1-2H3;2*(H2,1,2,3). The van der Waals surface area contributed by atoms with E-state index in [1.54, 1.807) is 11.0 Å². The van der Waals surface area contributed by atoms with Gasteiger partial charge in [0.1, 0.15) is 0 Å². The van der Waals surface area contributed by atoms with Gasteiger partial charge in [-0.05, 0) is 0 Å². The average Bonchev–Trinajstić information content (AvgIpc) is 2.16. The summed E-state index contributed by atoms with van der Waals surface area (Å²) in [5, 5.41) is 0. The fourth-order valence-electron chi connectivity index (χ4n) is 0. The van der Waals surface area contributed by atoms with E-state index < -0.39 is 22.7 Å². The summed E-state index contributed by atoms with van der Waals surface area (Å²) < 4.78 is 45.7. The van der Waals surface area contributed by atoms with E-state index in [0.29, 0.717) is 0 Å². The van der Waals surface area contributed by atoms with Crippen molar-refractivity contribution in [2.24, 2.45) is 0 Å². The minimum absolute atomic E-state index is 1.58. The lowest BCUT2D eigenvalue weighted by atomic mass is 11.0. The van der Waals surface area contributed by atoms with Crippen LogP contribution in [0.5, 0.6) is 0 Å². The van der Waals surface area contributed by atoms with Crippen molar-refractivity contribution in [3.8, 4) is 0 Å². The van der Waals surface area contributed by atoms with Gasteiger partial charge < -0.3 is 9.80 Å². The van der Waals surface area contributed by atoms with Crippen LogP contribution in [0.3, 0.4) is 0 Å². The first-order chi connectivity index (χ1) is 8.00. The van der Waals surface area contributed by atoms with Crippen molar-refractivity contribution in [1.82, 2.24) is 9.80 Å². The Balaban J connectivity index is -0.0000000731. The molecule has 0 spiro atoms. The lowest BCUT2D eigenvalue weighted by Crippen LogP contribution is -2.04. The van der Waals surface area contributed by atoms with Crippen LogP contribution in [0.1, 0.15) is 0 Å². The molecule has 0 radical (unpaired) electrons. The molecule has 0 aliphatic heterocycles. The fourth-order valence-corrected chi connectivity index (χ4v) is 0. The Morgan fingerprint density at radius 3 is 0.833 bits per heavy atom. The van der Waals surface area contributed by atoms with Gasteiger partial charge in [0, 0.05) is 28.2 Å². The third kappa shape index (κ3) is 231. The molecule has 4 N–H and O–H groups in total. The SMILES string of the molecule is CN(C)C=S.CN(C)C=S.O=S(O)O.O=S(O)O. The van der Waals surface area contributed by atoms with Crippen LogP contribution in [-0.2, 0) is 22.7 Å². The third-order valence-electron chi connectivity index (χ3n) is 0.422. The lowest BCUT2D eigenvalue weighted by molar-refractivity contribution is 0.452. The molecule has 0 aromatic heterocycles. The quantitative estimate of drug-likeness (QED) is 0.413. The van der Waals surface area contributed by atoms with Gasteiger partial charge in [-0.25, -0.2) is 0 Å². The monoisotopic (exact) mass is 342 g/mol. The largest absolute Gasteiger partial charge is 0.375 e. The van der Waals surface area contributed by atoms with Crippen molar-refractivity contribution >= 4 is 58.1 Å². The fraction of sp³-hybridized carbons (Fsp3) is 0.667. The molecule has 12 heteroatoms. The highest BCUT2D eigenvalue weighted by atomic mass is 32.2. The van der Waals surface area contributed by atoms with Gasteiger partial charge in [0.15, 0.2) is 0 Å². The van der Waals surface area contributed by atoms with Crippen LogP contribution in [0.2, 0.25) is 0 Å². The minimum atomic E-state index is -2.61. The van der Waals surface area contributed by atoms with Gasteiger partial charge in [0.05, 0.1) is 11.0 Å². The van der Waals surface area contributed by atoms with Crippen molar-refractivity contribution in [2.75, 3.05) is 28.2 Å². The van der Waals surface area contributed by atoms with E-state index in [-0.39, 0.29) is 0 Å². The molecule has 0 unspecified atom stereocenters. The molecule has 0 rings (SSSR count). The maximum absolute atomic E-state index is 8.67. The Kier molecular flexibility index (Phi) is 32.6. The lowest BCUT2D eigenvalue weighted by Gasteiger charge is -1.96. The average molecular weight is 342 g/mol. The minimum Gasteiger partial charge on any atom is -0.375 e. The van der Waals surface area contributed by atoms with Gasteiger partial charge in [-0.3, -0.25) is 18.2 Å². The first-order valence-corrected chi connectivity index (χ1v) is 6.91. The van der Waals surface area contributed by atoms with Gasteiger partial charge in [-0.15, -0.1) is 0 Å². The van der Waals surface area contributed by atoms with E-state index in [1.165, 1.54) is 0 Å². The molecule has 8 nitrogen and oxygen atoms in total. The molecule has 0 aliphatic rings. The molecule has 0 fully saturated rings. The molecule has 0 bridgehead atoms. The maximum atomic E-state index is 8.67. The number of hydrogen-bond acceptors (Lipinski definition) is 4. The molecule has 0 heterocycles. The normalized spacial score (nSPS) is 7.67. The Morgan fingerprint density at radius 1 is 0.778 bits per heavy atom. The van der Waals surface area contributed by atoms with Crippen LogP contribution in [0.15, 0.2) is 0 Å². The van der Waals surface area contributed by atoms with Crippen molar-refractivity contribution in [1.29, 1.82) is 0 Å². The van der Waals surface area contributed by atoms with E-state index in [2.05, 4.69) is 24.4 Å². The van der Waals surface area contributed by atoms with Crippen LogP contribution in [-0.4, -0.2) is 75.6 Å². The number of thiocarbonyl (C=S) groups is 2. The molecular formula is C6H18N2O6S4.